The number of rotatable bonds is 3. The first kappa shape index (κ1) is 18.2. The summed E-state index contributed by atoms with van der Waals surface area (Å²) >= 11 is 0. The van der Waals surface area contributed by atoms with E-state index < -0.39 is 21.6 Å². The Morgan fingerprint density at radius 3 is 2.46 bits per heavy atom. The molecule has 26 heavy (non-hydrogen) atoms. The number of benzene rings is 1. The molecule has 0 aliphatic carbocycles. The SMILES string of the molecule is CCS(=O)(=O)c1ccc(N)nc1-c1nc2cc(C(F)(F)F)ccc2n1C. The molecule has 0 atom stereocenters. The van der Waals surface area contributed by atoms with Crippen molar-refractivity contribution in [3.05, 3.63) is 35.9 Å². The van der Waals surface area contributed by atoms with Gasteiger partial charge in [0, 0.05) is 7.05 Å². The van der Waals surface area contributed by atoms with Gasteiger partial charge in [0.1, 0.15) is 11.5 Å². The highest BCUT2D eigenvalue weighted by atomic mass is 32.2. The standard InChI is InChI=1S/C16H15F3N4O2S/c1-3-26(24,25)12-6-7-13(20)22-14(12)15-21-10-8-9(16(17,18)19)4-5-11(10)23(15)2/h4-8H,3H2,1-2H3,(H2,20,22). The molecule has 2 heterocycles. The van der Waals surface area contributed by atoms with Crippen molar-refractivity contribution in [3.63, 3.8) is 0 Å². The van der Waals surface area contributed by atoms with E-state index in [9.17, 15) is 21.6 Å². The Labute approximate surface area is 147 Å². The lowest BCUT2D eigenvalue weighted by molar-refractivity contribution is -0.137. The van der Waals surface area contributed by atoms with Gasteiger partial charge < -0.3 is 10.3 Å². The number of nitrogens with zero attached hydrogens (tertiary/aromatic N) is 3. The van der Waals surface area contributed by atoms with E-state index in [1.165, 1.54) is 29.7 Å². The number of anilines is 1. The van der Waals surface area contributed by atoms with E-state index in [4.69, 9.17) is 5.73 Å². The smallest absolute Gasteiger partial charge is 0.384 e. The lowest BCUT2D eigenvalue weighted by Crippen LogP contribution is -2.09. The first-order valence-electron chi connectivity index (χ1n) is 7.58. The van der Waals surface area contributed by atoms with Gasteiger partial charge in [-0.1, -0.05) is 6.92 Å². The third kappa shape index (κ3) is 3.00. The largest absolute Gasteiger partial charge is 0.416 e. The molecule has 3 aromatic rings. The lowest BCUT2D eigenvalue weighted by atomic mass is 10.2. The Balaban J connectivity index is 2.30. The molecule has 0 fully saturated rings. The molecule has 10 heteroatoms. The molecule has 0 bridgehead atoms. The summed E-state index contributed by atoms with van der Waals surface area (Å²) in [7, 11) is -2.06. The van der Waals surface area contributed by atoms with Crippen LogP contribution in [0.3, 0.4) is 0 Å². The van der Waals surface area contributed by atoms with Crippen LogP contribution in [0.1, 0.15) is 12.5 Å². The van der Waals surface area contributed by atoms with Gasteiger partial charge in [-0.15, -0.1) is 0 Å². The maximum absolute atomic E-state index is 12.9. The second-order valence-corrected chi connectivity index (χ2v) is 7.93. The molecule has 0 saturated carbocycles. The summed E-state index contributed by atoms with van der Waals surface area (Å²) in [5.74, 6) is 0.0463. The molecule has 1 aromatic carbocycles. The number of nitrogen functional groups attached to an aromatic ring is 1. The quantitative estimate of drug-likeness (QED) is 0.750. The van der Waals surface area contributed by atoms with E-state index in [0.29, 0.717) is 5.52 Å². The number of nitrogens with two attached hydrogens (primary N) is 1. The minimum absolute atomic E-state index is 0.0131. The summed E-state index contributed by atoms with van der Waals surface area (Å²) in [5, 5.41) is 0. The molecule has 0 amide bonds. The predicted octanol–water partition coefficient (Wildman–Crippen LogP) is 3.03. The van der Waals surface area contributed by atoms with Crippen LogP contribution in [0.2, 0.25) is 0 Å². The van der Waals surface area contributed by atoms with Crippen molar-refractivity contribution in [2.75, 3.05) is 11.5 Å². The molecular formula is C16H15F3N4O2S. The fourth-order valence-corrected chi connectivity index (χ4v) is 3.63. The lowest BCUT2D eigenvalue weighted by Gasteiger charge is -2.09. The number of aromatic nitrogens is 3. The molecule has 0 aliphatic rings. The third-order valence-corrected chi connectivity index (χ3v) is 5.77. The normalized spacial score (nSPS) is 12.7. The number of sulfone groups is 1. The van der Waals surface area contributed by atoms with Gasteiger partial charge in [-0.25, -0.2) is 18.4 Å². The number of imidazole rings is 1. The van der Waals surface area contributed by atoms with Crippen LogP contribution in [-0.4, -0.2) is 28.7 Å². The van der Waals surface area contributed by atoms with Crippen LogP contribution in [0, 0.1) is 0 Å². The maximum atomic E-state index is 12.9. The third-order valence-electron chi connectivity index (χ3n) is 4.01. The van der Waals surface area contributed by atoms with E-state index in [2.05, 4.69) is 9.97 Å². The van der Waals surface area contributed by atoms with Gasteiger partial charge in [-0.2, -0.15) is 13.2 Å². The van der Waals surface area contributed by atoms with Crippen molar-refractivity contribution in [2.24, 2.45) is 7.05 Å². The van der Waals surface area contributed by atoms with Gasteiger partial charge in [0.15, 0.2) is 15.7 Å². The van der Waals surface area contributed by atoms with Crippen molar-refractivity contribution in [3.8, 4) is 11.5 Å². The molecule has 0 saturated heterocycles. The van der Waals surface area contributed by atoms with Crippen LogP contribution in [0.15, 0.2) is 35.2 Å². The number of halogens is 3. The van der Waals surface area contributed by atoms with Crippen molar-refractivity contribution >= 4 is 26.7 Å². The highest BCUT2D eigenvalue weighted by Gasteiger charge is 2.31. The Hall–Kier alpha value is -2.62. The fraction of sp³-hybridized carbons (Fsp3) is 0.250. The molecule has 0 unspecified atom stereocenters. The van der Waals surface area contributed by atoms with Crippen LogP contribution >= 0.6 is 0 Å². The number of fused-ring (bicyclic) bond motifs is 1. The summed E-state index contributed by atoms with van der Waals surface area (Å²) in [4.78, 5) is 8.20. The topological polar surface area (TPSA) is 90.9 Å². The first-order chi connectivity index (χ1) is 12.0. The van der Waals surface area contributed by atoms with Gasteiger partial charge >= 0.3 is 6.18 Å². The number of hydrogen-bond acceptors (Lipinski definition) is 5. The number of pyridine rings is 1. The summed E-state index contributed by atoms with van der Waals surface area (Å²) < 4.78 is 65.0. The molecular weight excluding hydrogens is 369 g/mol. The summed E-state index contributed by atoms with van der Waals surface area (Å²) in [6, 6.07) is 5.84. The second kappa shape index (κ2) is 5.97. The maximum Gasteiger partial charge on any atom is 0.416 e. The molecule has 2 aromatic heterocycles. The van der Waals surface area contributed by atoms with Crippen LogP contribution in [0.25, 0.3) is 22.6 Å². The van der Waals surface area contributed by atoms with Gasteiger partial charge in [0.25, 0.3) is 0 Å². The minimum atomic E-state index is -4.50. The molecule has 6 nitrogen and oxygen atoms in total. The van der Waals surface area contributed by atoms with Gasteiger partial charge in [0.2, 0.25) is 0 Å². The highest BCUT2D eigenvalue weighted by molar-refractivity contribution is 7.91. The fourth-order valence-electron chi connectivity index (χ4n) is 2.62. The number of alkyl halides is 3. The molecule has 138 valence electrons. The van der Waals surface area contributed by atoms with Crippen molar-refractivity contribution in [1.82, 2.24) is 14.5 Å². The van der Waals surface area contributed by atoms with Gasteiger partial charge in [-0.3, -0.25) is 0 Å². The Morgan fingerprint density at radius 2 is 1.85 bits per heavy atom. The minimum Gasteiger partial charge on any atom is -0.384 e. The zero-order valence-corrected chi connectivity index (χ0v) is 14.7. The monoisotopic (exact) mass is 384 g/mol. The van der Waals surface area contributed by atoms with Gasteiger partial charge in [-0.05, 0) is 30.3 Å². The van der Waals surface area contributed by atoms with Gasteiger partial charge in [0.05, 0.1) is 27.2 Å². The molecule has 0 spiro atoms. The van der Waals surface area contributed by atoms with Crippen LogP contribution in [0.5, 0.6) is 0 Å². The number of aryl methyl sites for hydroxylation is 1. The molecule has 0 aliphatic heterocycles. The molecule has 3 rings (SSSR count). The summed E-state index contributed by atoms with van der Waals surface area (Å²) in [6.45, 7) is 1.49. The van der Waals surface area contributed by atoms with Crippen molar-refractivity contribution < 1.29 is 21.6 Å². The zero-order valence-electron chi connectivity index (χ0n) is 13.9. The van der Waals surface area contributed by atoms with Crippen molar-refractivity contribution in [2.45, 2.75) is 18.0 Å². The van der Waals surface area contributed by atoms with Crippen molar-refractivity contribution in [1.29, 1.82) is 0 Å². The molecule has 0 radical (unpaired) electrons. The average Bonchev–Trinajstić information content (AvgIpc) is 2.90. The van der Waals surface area contributed by atoms with E-state index in [1.54, 1.807) is 7.05 Å². The Kier molecular flexibility index (Phi) is 4.18. The first-order valence-corrected chi connectivity index (χ1v) is 9.23. The Morgan fingerprint density at radius 1 is 1.15 bits per heavy atom. The van der Waals surface area contributed by atoms with Crippen LogP contribution < -0.4 is 5.73 Å². The van der Waals surface area contributed by atoms with Crippen LogP contribution in [-0.2, 0) is 23.1 Å². The zero-order chi connectivity index (χ0) is 19.3. The van der Waals surface area contributed by atoms with E-state index in [-0.39, 0.29) is 33.5 Å². The van der Waals surface area contributed by atoms with E-state index in [1.807, 2.05) is 0 Å². The number of hydrogen-bond donors (Lipinski definition) is 1. The van der Waals surface area contributed by atoms with E-state index >= 15 is 0 Å². The highest BCUT2D eigenvalue weighted by Crippen LogP contribution is 2.33. The predicted molar refractivity (Wildman–Crippen MR) is 91.1 cm³/mol. The summed E-state index contributed by atoms with van der Waals surface area (Å²) in [6.07, 6.45) is -4.50. The second-order valence-electron chi connectivity index (χ2n) is 5.68. The summed E-state index contributed by atoms with van der Waals surface area (Å²) in [5.41, 5.74) is 5.36. The Bertz CT molecular complexity index is 1100. The molecule has 2 N–H and O–H groups in total. The average molecular weight is 384 g/mol. The van der Waals surface area contributed by atoms with Crippen LogP contribution in [0.4, 0.5) is 19.0 Å². The van der Waals surface area contributed by atoms with E-state index in [0.717, 1.165) is 12.1 Å².